The minimum atomic E-state index is -1.72. The monoisotopic (exact) mass is 339 g/mol. The van der Waals surface area contributed by atoms with Crippen LogP contribution >= 0.6 is 34.8 Å². The Labute approximate surface area is 137 Å². The minimum absolute atomic E-state index is 0.250. The van der Waals surface area contributed by atoms with Gasteiger partial charge in [0.05, 0.1) is 11.0 Å². The first-order valence-corrected chi connectivity index (χ1v) is 7.61. The summed E-state index contributed by atoms with van der Waals surface area (Å²) in [5.74, 6) is 0. The molecule has 108 valence electrons. The molecule has 1 N–H and O–H groups in total. The van der Waals surface area contributed by atoms with Crippen LogP contribution in [0.15, 0.2) is 48.5 Å². The van der Waals surface area contributed by atoms with Gasteiger partial charge in [-0.2, -0.15) is 0 Å². The van der Waals surface area contributed by atoms with Gasteiger partial charge in [0, 0.05) is 17.2 Å². The molecular weight excluding hydrogens is 329 g/mol. The molecule has 0 spiro atoms. The van der Waals surface area contributed by atoms with Gasteiger partial charge in [-0.15, -0.1) is 0 Å². The van der Waals surface area contributed by atoms with E-state index in [1.807, 2.05) is 48.5 Å². The van der Waals surface area contributed by atoms with Crippen molar-refractivity contribution >= 4 is 56.6 Å². The third-order valence-electron chi connectivity index (χ3n) is 3.47. The van der Waals surface area contributed by atoms with Gasteiger partial charge in [-0.3, -0.25) is 0 Å². The lowest BCUT2D eigenvalue weighted by atomic mass is 9.98. The third-order valence-corrected chi connectivity index (χ3v) is 4.23. The molecule has 0 radical (unpaired) electrons. The number of aliphatic hydroxyl groups excluding tert-OH is 1. The van der Waals surface area contributed by atoms with Crippen LogP contribution in [-0.4, -0.2) is 20.0 Å². The lowest BCUT2D eigenvalue weighted by Crippen LogP contribution is -2.27. The first-order valence-electron chi connectivity index (χ1n) is 6.48. The van der Waals surface area contributed by atoms with Gasteiger partial charge in [0.2, 0.25) is 3.79 Å². The maximum absolute atomic E-state index is 10.1. The van der Waals surface area contributed by atoms with E-state index in [2.05, 4.69) is 4.98 Å². The zero-order valence-corrected chi connectivity index (χ0v) is 13.2. The Hall–Kier alpha value is -1.06. The molecule has 1 aromatic heterocycles. The van der Waals surface area contributed by atoms with Crippen molar-refractivity contribution in [1.29, 1.82) is 0 Å². The molecular formula is C16H12Cl3NO. The number of pyridine rings is 1. The van der Waals surface area contributed by atoms with Crippen LogP contribution in [0.2, 0.25) is 0 Å². The van der Waals surface area contributed by atoms with Gasteiger partial charge in [0.15, 0.2) is 0 Å². The summed E-state index contributed by atoms with van der Waals surface area (Å²) in [4.78, 5) is 4.63. The third kappa shape index (κ3) is 2.95. The van der Waals surface area contributed by atoms with E-state index in [1.54, 1.807) is 0 Å². The smallest absolute Gasteiger partial charge is 0.216 e. The van der Waals surface area contributed by atoms with E-state index in [0.717, 1.165) is 27.4 Å². The normalized spacial score (nSPS) is 13.7. The number of benzene rings is 2. The van der Waals surface area contributed by atoms with Gasteiger partial charge < -0.3 is 5.11 Å². The van der Waals surface area contributed by atoms with Crippen LogP contribution in [0.25, 0.3) is 21.8 Å². The summed E-state index contributed by atoms with van der Waals surface area (Å²) in [7, 11) is 0. The number of halogens is 3. The van der Waals surface area contributed by atoms with E-state index < -0.39 is 9.90 Å². The highest BCUT2D eigenvalue weighted by atomic mass is 35.6. The Bertz CT molecular complexity index is 744. The number of nitrogens with zero attached hydrogens (tertiary/aromatic N) is 1. The average molecular weight is 341 g/mol. The molecule has 21 heavy (non-hydrogen) atoms. The number of rotatable bonds is 2. The fourth-order valence-corrected chi connectivity index (χ4v) is 2.69. The molecule has 0 saturated heterocycles. The van der Waals surface area contributed by atoms with Gasteiger partial charge in [-0.25, -0.2) is 4.98 Å². The summed E-state index contributed by atoms with van der Waals surface area (Å²) in [6.07, 6.45) is -0.836. The van der Waals surface area contributed by atoms with Crippen molar-refractivity contribution in [3.8, 4) is 0 Å². The van der Waals surface area contributed by atoms with Gasteiger partial charge in [0.1, 0.15) is 6.10 Å². The quantitative estimate of drug-likeness (QED) is 0.543. The number of fused-ring (bicyclic) bond motifs is 2. The molecule has 0 aliphatic rings. The van der Waals surface area contributed by atoms with Gasteiger partial charge in [0.25, 0.3) is 0 Å². The number of alkyl halides is 3. The molecule has 0 aliphatic carbocycles. The van der Waals surface area contributed by atoms with Crippen molar-refractivity contribution < 1.29 is 5.11 Å². The molecule has 5 heteroatoms. The van der Waals surface area contributed by atoms with Crippen LogP contribution in [0, 0.1) is 0 Å². The summed E-state index contributed by atoms with van der Waals surface area (Å²) < 4.78 is -1.72. The predicted molar refractivity (Wildman–Crippen MR) is 89.2 cm³/mol. The summed E-state index contributed by atoms with van der Waals surface area (Å²) >= 11 is 17.4. The molecule has 0 bridgehead atoms. The first kappa shape index (κ1) is 14.9. The van der Waals surface area contributed by atoms with Crippen molar-refractivity contribution in [3.05, 3.63) is 54.1 Å². The molecule has 0 aliphatic heterocycles. The van der Waals surface area contributed by atoms with E-state index in [1.165, 1.54) is 0 Å². The molecule has 0 saturated carbocycles. The van der Waals surface area contributed by atoms with E-state index in [0.29, 0.717) is 0 Å². The fraction of sp³-hybridized carbons (Fsp3) is 0.188. The molecule has 1 atom stereocenters. The van der Waals surface area contributed by atoms with Crippen molar-refractivity contribution in [3.63, 3.8) is 0 Å². The molecule has 1 unspecified atom stereocenters. The standard InChI is InChI=1S/C16H12Cl3NO/c17-16(18,19)15(21)9-12-10-5-1-3-7-13(10)20-14-8-4-2-6-11(12)14/h1-8,15,21H,9H2. The summed E-state index contributed by atoms with van der Waals surface area (Å²) in [5, 5.41) is 12.1. The zero-order chi connectivity index (χ0) is 15.0. The zero-order valence-electron chi connectivity index (χ0n) is 10.9. The molecule has 1 heterocycles. The Morgan fingerprint density at radius 3 is 1.86 bits per heavy atom. The van der Waals surface area contributed by atoms with Crippen LogP contribution < -0.4 is 0 Å². The first-order chi connectivity index (χ1) is 9.97. The highest BCUT2D eigenvalue weighted by Crippen LogP contribution is 2.35. The van der Waals surface area contributed by atoms with Crippen LogP contribution in [0.4, 0.5) is 0 Å². The van der Waals surface area contributed by atoms with E-state index in [4.69, 9.17) is 34.8 Å². The fourth-order valence-electron chi connectivity index (χ4n) is 2.46. The predicted octanol–water partition coefficient (Wildman–Crippen LogP) is 4.66. The topological polar surface area (TPSA) is 33.1 Å². The van der Waals surface area contributed by atoms with E-state index in [9.17, 15) is 5.11 Å². The largest absolute Gasteiger partial charge is 0.388 e. The number of para-hydroxylation sites is 2. The van der Waals surface area contributed by atoms with Crippen LogP contribution in [0.5, 0.6) is 0 Å². The second-order valence-corrected chi connectivity index (χ2v) is 7.26. The minimum Gasteiger partial charge on any atom is -0.388 e. The van der Waals surface area contributed by atoms with Crippen molar-refractivity contribution in [2.75, 3.05) is 0 Å². The molecule has 3 rings (SSSR count). The van der Waals surface area contributed by atoms with Crippen LogP contribution in [0.1, 0.15) is 5.56 Å². The SMILES string of the molecule is OC(Cc1c2ccccc2nc2ccccc12)C(Cl)(Cl)Cl. The van der Waals surface area contributed by atoms with Crippen molar-refractivity contribution in [2.45, 2.75) is 16.3 Å². The molecule has 2 aromatic carbocycles. The summed E-state index contributed by atoms with van der Waals surface area (Å²) in [6.45, 7) is 0. The maximum atomic E-state index is 10.1. The number of hydrogen-bond donors (Lipinski definition) is 1. The molecule has 2 nitrogen and oxygen atoms in total. The Morgan fingerprint density at radius 2 is 1.38 bits per heavy atom. The van der Waals surface area contributed by atoms with Crippen molar-refractivity contribution in [2.24, 2.45) is 0 Å². The Morgan fingerprint density at radius 1 is 0.905 bits per heavy atom. The van der Waals surface area contributed by atoms with E-state index in [-0.39, 0.29) is 6.42 Å². The molecule has 0 amide bonds. The Balaban J connectivity index is 2.25. The lowest BCUT2D eigenvalue weighted by molar-refractivity contribution is 0.180. The Kier molecular flexibility index (Phi) is 3.98. The highest BCUT2D eigenvalue weighted by molar-refractivity contribution is 6.68. The average Bonchev–Trinajstić information content (AvgIpc) is 2.46. The number of aromatic nitrogens is 1. The maximum Gasteiger partial charge on any atom is 0.216 e. The molecule has 0 fully saturated rings. The van der Waals surface area contributed by atoms with Crippen LogP contribution in [-0.2, 0) is 6.42 Å². The lowest BCUT2D eigenvalue weighted by Gasteiger charge is -2.20. The number of hydrogen-bond acceptors (Lipinski definition) is 2. The summed E-state index contributed by atoms with van der Waals surface area (Å²) in [5.41, 5.74) is 2.67. The number of aliphatic hydroxyl groups is 1. The van der Waals surface area contributed by atoms with Gasteiger partial charge >= 0.3 is 0 Å². The van der Waals surface area contributed by atoms with Gasteiger partial charge in [-0.05, 0) is 17.7 Å². The van der Waals surface area contributed by atoms with Gasteiger partial charge in [-0.1, -0.05) is 71.2 Å². The van der Waals surface area contributed by atoms with Crippen molar-refractivity contribution in [1.82, 2.24) is 4.98 Å². The second-order valence-electron chi connectivity index (χ2n) is 4.89. The van der Waals surface area contributed by atoms with Crippen LogP contribution in [0.3, 0.4) is 0 Å². The highest BCUT2D eigenvalue weighted by Gasteiger charge is 2.31. The summed E-state index contributed by atoms with van der Waals surface area (Å²) in [6, 6.07) is 15.5. The van der Waals surface area contributed by atoms with E-state index >= 15 is 0 Å². The molecule has 3 aromatic rings. The second kappa shape index (κ2) is 5.62.